The van der Waals surface area contributed by atoms with Crippen LogP contribution in [0.25, 0.3) is 0 Å². The zero-order valence-electron chi connectivity index (χ0n) is 18.2. The van der Waals surface area contributed by atoms with Gasteiger partial charge in [-0.1, -0.05) is 89.8 Å². The number of hydrogen-bond donors (Lipinski definition) is 1. The van der Waals surface area contributed by atoms with Crippen LogP contribution >= 0.6 is 34.4 Å². The van der Waals surface area contributed by atoms with Crippen LogP contribution in [0, 0.1) is 0 Å². The van der Waals surface area contributed by atoms with Crippen molar-refractivity contribution in [3.63, 3.8) is 0 Å². The standard InChI is InChI=1S/C25H26N4OS3/c30-23(19-32-25-28-27-24(33-25)26-15-13-22-12-7-17-31-22)29(18-21-10-5-2-6-11-21)16-14-20-8-3-1-4-9-20/h1-12,17H,13-16,18-19H2,(H,26,27). The highest BCUT2D eigenvalue weighted by molar-refractivity contribution is 8.01. The molecule has 0 unspecified atom stereocenters. The number of thioether (sulfide) groups is 1. The van der Waals surface area contributed by atoms with Gasteiger partial charge in [0.1, 0.15) is 0 Å². The molecular formula is C25H26N4OS3. The quantitative estimate of drug-likeness (QED) is 0.259. The Labute approximate surface area is 206 Å². The molecule has 0 bridgehead atoms. The van der Waals surface area contributed by atoms with Crippen molar-refractivity contribution in [1.29, 1.82) is 0 Å². The molecule has 0 aliphatic rings. The second-order valence-corrected chi connectivity index (χ2v) is 10.7. The van der Waals surface area contributed by atoms with Crippen molar-refractivity contribution < 1.29 is 4.79 Å². The van der Waals surface area contributed by atoms with Crippen LogP contribution in [-0.4, -0.2) is 39.8 Å². The number of aromatic nitrogens is 2. The molecule has 0 atom stereocenters. The number of nitrogens with one attached hydrogen (secondary N) is 1. The van der Waals surface area contributed by atoms with E-state index in [2.05, 4.69) is 57.3 Å². The Morgan fingerprint density at radius 3 is 2.39 bits per heavy atom. The van der Waals surface area contributed by atoms with E-state index in [-0.39, 0.29) is 5.91 Å². The normalized spacial score (nSPS) is 10.8. The molecule has 0 aliphatic heterocycles. The third-order valence-corrected chi connectivity index (χ3v) is 7.97. The fourth-order valence-electron chi connectivity index (χ4n) is 3.31. The maximum atomic E-state index is 13.1. The minimum absolute atomic E-state index is 0.113. The molecule has 0 fully saturated rings. The first-order valence-corrected chi connectivity index (χ1v) is 13.5. The van der Waals surface area contributed by atoms with E-state index in [0.717, 1.165) is 34.4 Å². The molecule has 0 saturated carbocycles. The Kier molecular flexibility index (Phi) is 8.91. The van der Waals surface area contributed by atoms with Gasteiger partial charge < -0.3 is 10.2 Å². The van der Waals surface area contributed by atoms with Gasteiger partial charge in [0.25, 0.3) is 0 Å². The van der Waals surface area contributed by atoms with Gasteiger partial charge in [0.15, 0.2) is 4.34 Å². The van der Waals surface area contributed by atoms with Crippen molar-refractivity contribution in [2.75, 3.05) is 24.2 Å². The SMILES string of the molecule is O=C(CSc1nnc(NCCc2cccs2)s1)N(CCc1ccccc1)Cc1ccccc1. The lowest BCUT2D eigenvalue weighted by atomic mass is 10.1. The lowest BCUT2D eigenvalue weighted by molar-refractivity contribution is -0.128. The first kappa shape index (κ1) is 23.5. The first-order chi connectivity index (χ1) is 16.3. The number of hydrogen-bond acceptors (Lipinski definition) is 7. The van der Waals surface area contributed by atoms with Gasteiger partial charge in [-0.3, -0.25) is 4.79 Å². The molecule has 5 nitrogen and oxygen atoms in total. The highest BCUT2D eigenvalue weighted by Gasteiger charge is 2.16. The lowest BCUT2D eigenvalue weighted by Gasteiger charge is -2.23. The summed E-state index contributed by atoms with van der Waals surface area (Å²) in [5.74, 6) is 0.466. The molecule has 0 spiro atoms. The lowest BCUT2D eigenvalue weighted by Crippen LogP contribution is -2.33. The highest BCUT2D eigenvalue weighted by atomic mass is 32.2. The number of benzene rings is 2. The number of thiophene rings is 1. The molecule has 4 rings (SSSR count). The second-order valence-electron chi connectivity index (χ2n) is 7.45. The smallest absolute Gasteiger partial charge is 0.233 e. The van der Waals surface area contributed by atoms with Crippen molar-refractivity contribution >= 4 is 45.5 Å². The summed E-state index contributed by atoms with van der Waals surface area (Å²) < 4.78 is 0.810. The van der Waals surface area contributed by atoms with Crippen LogP contribution in [0.3, 0.4) is 0 Å². The van der Waals surface area contributed by atoms with Crippen LogP contribution in [0.15, 0.2) is 82.5 Å². The van der Waals surface area contributed by atoms with E-state index in [1.165, 1.54) is 33.5 Å². The van der Waals surface area contributed by atoms with Gasteiger partial charge in [-0.25, -0.2) is 0 Å². The summed E-state index contributed by atoms with van der Waals surface area (Å²) in [4.78, 5) is 16.4. The summed E-state index contributed by atoms with van der Waals surface area (Å²) in [5, 5.41) is 14.7. The molecule has 4 aromatic rings. The van der Waals surface area contributed by atoms with Crippen LogP contribution in [0.1, 0.15) is 16.0 Å². The van der Waals surface area contributed by atoms with Crippen LogP contribution in [0.5, 0.6) is 0 Å². The van der Waals surface area contributed by atoms with E-state index in [9.17, 15) is 4.79 Å². The number of anilines is 1. The van der Waals surface area contributed by atoms with Gasteiger partial charge in [0, 0.05) is 24.5 Å². The molecule has 2 aromatic heterocycles. The molecule has 2 heterocycles. The molecule has 1 amide bonds. The van der Waals surface area contributed by atoms with E-state index in [4.69, 9.17) is 0 Å². The Bertz CT molecular complexity index is 1100. The number of carbonyl (C=O) groups is 1. The Balaban J connectivity index is 1.29. The van der Waals surface area contributed by atoms with E-state index >= 15 is 0 Å². The molecule has 33 heavy (non-hydrogen) atoms. The summed E-state index contributed by atoms with van der Waals surface area (Å²) in [6, 6.07) is 24.7. The summed E-state index contributed by atoms with van der Waals surface area (Å²) >= 11 is 4.72. The number of rotatable bonds is 12. The van der Waals surface area contributed by atoms with Gasteiger partial charge >= 0.3 is 0 Å². The maximum Gasteiger partial charge on any atom is 0.233 e. The maximum absolute atomic E-state index is 13.1. The van der Waals surface area contributed by atoms with Gasteiger partial charge in [0.2, 0.25) is 11.0 Å². The molecule has 8 heteroatoms. The van der Waals surface area contributed by atoms with Crippen LogP contribution in [0.4, 0.5) is 5.13 Å². The molecule has 170 valence electrons. The van der Waals surface area contributed by atoms with Crippen LogP contribution in [0.2, 0.25) is 0 Å². The van der Waals surface area contributed by atoms with Gasteiger partial charge in [-0.05, 0) is 35.4 Å². The Morgan fingerprint density at radius 2 is 1.67 bits per heavy atom. The molecule has 1 N–H and O–H groups in total. The van der Waals surface area contributed by atoms with E-state index in [1.54, 1.807) is 11.3 Å². The Morgan fingerprint density at radius 1 is 0.909 bits per heavy atom. The van der Waals surface area contributed by atoms with Crippen molar-refractivity contribution in [2.24, 2.45) is 0 Å². The van der Waals surface area contributed by atoms with Crippen molar-refractivity contribution in [2.45, 2.75) is 23.7 Å². The largest absolute Gasteiger partial charge is 0.360 e. The van der Waals surface area contributed by atoms with Gasteiger partial charge in [-0.15, -0.1) is 21.5 Å². The summed E-state index contributed by atoms with van der Waals surface area (Å²) in [6.07, 6.45) is 1.80. The van der Waals surface area contributed by atoms with Gasteiger partial charge in [0.05, 0.1) is 5.75 Å². The topological polar surface area (TPSA) is 58.1 Å². The monoisotopic (exact) mass is 494 g/mol. The minimum atomic E-state index is 0.113. The average Bonchev–Trinajstić information content (AvgIpc) is 3.54. The average molecular weight is 495 g/mol. The van der Waals surface area contributed by atoms with E-state index in [0.29, 0.717) is 18.8 Å². The highest BCUT2D eigenvalue weighted by Crippen LogP contribution is 2.26. The number of nitrogens with zero attached hydrogens (tertiary/aromatic N) is 3. The molecule has 0 saturated heterocycles. The fraction of sp³-hybridized carbons (Fsp3) is 0.240. The third kappa shape index (κ3) is 7.70. The first-order valence-electron chi connectivity index (χ1n) is 10.8. The number of amides is 1. The summed E-state index contributed by atoms with van der Waals surface area (Å²) in [6.45, 7) is 2.12. The van der Waals surface area contributed by atoms with Crippen molar-refractivity contribution in [1.82, 2.24) is 15.1 Å². The Hall–Kier alpha value is -2.68. The van der Waals surface area contributed by atoms with Crippen molar-refractivity contribution in [3.8, 4) is 0 Å². The summed E-state index contributed by atoms with van der Waals surface area (Å²) in [7, 11) is 0. The van der Waals surface area contributed by atoms with Crippen molar-refractivity contribution in [3.05, 3.63) is 94.2 Å². The number of carbonyl (C=O) groups excluding carboxylic acids is 1. The van der Waals surface area contributed by atoms with Gasteiger partial charge in [-0.2, -0.15) is 0 Å². The van der Waals surface area contributed by atoms with Crippen LogP contribution in [-0.2, 0) is 24.2 Å². The second kappa shape index (κ2) is 12.5. The molecule has 2 aromatic carbocycles. The zero-order chi connectivity index (χ0) is 22.7. The van der Waals surface area contributed by atoms with E-state index < -0.39 is 0 Å². The molecule has 0 aliphatic carbocycles. The molecular weight excluding hydrogens is 469 g/mol. The van der Waals surface area contributed by atoms with E-state index in [1.807, 2.05) is 41.3 Å². The molecule has 0 radical (unpaired) electrons. The predicted octanol–water partition coefficient (Wildman–Crippen LogP) is 5.62. The zero-order valence-corrected chi connectivity index (χ0v) is 20.7. The fourth-order valence-corrected chi connectivity index (χ4v) is 5.70. The third-order valence-electron chi connectivity index (χ3n) is 5.04. The van der Waals surface area contributed by atoms with Crippen LogP contribution < -0.4 is 5.32 Å². The predicted molar refractivity (Wildman–Crippen MR) is 139 cm³/mol. The summed E-state index contributed by atoms with van der Waals surface area (Å²) in [5.41, 5.74) is 2.37. The minimum Gasteiger partial charge on any atom is -0.360 e.